The van der Waals surface area contributed by atoms with E-state index in [1.165, 1.54) is 17.4 Å². The number of carbonyl (C=O) groups is 1. The molecule has 0 unspecified atom stereocenters. The zero-order valence-corrected chi connectivity index (χ0v) is 19.5. The molecule has 1 aliphatic rings. The summed E-state index contributed by atoms with van der Waals surface area (Å²) >= 11 is 1.47. The van der Waals surface area contributed by atoms with Crippen LogP contribution < -0.4 is 11.1 Å². The summed E-state index contributed by atoms with van der Waals surface area (Å²) < 4.78 is 40.0. The molecule has 3 N–H and O–H groups in total. The molecule has 1 amide bonds. The fourth-order valence-electron chi connectivity index (χ4n) is 3.82. The Labute approximate surface area is 198 Å². The summed E-state index contributed by atoms with van der Waals surface area (Å²) in [4.78, 5) is 29.7. The summed E-state index contributed by atoms with van der Waals surface area (Å²) in [6, 6.07) is 2.34. The summed E-state index contributed by atoms with van der Waals surface area (Å²) in [6.07, 6.45) is -0.560. The Balaban J connectivity index is 1.49. The number of anilines is 2. The molecule has 3 aromatic heterocycles. The van der Waals surface area contributed by atoms with Crippen LogP contribution in [0.3, 0.4) is 0 Å². The summed E-state index contributed by atoms with van der Waals surface area (Å²) in [5.41, 5.74) is 7.18. The van der Waals surface area contributed by atoms with Gasteiger partial charge >= 0.3 is 6.18 Å². The molecule has 180 valence electrons. The van der Waals surface area contributed by atoms with Gasteiger partial charge in [-0.25, -0.2) is 15.0 Å². The third-order valence-electron chi connectivity index (χ3n) is 5.31. The van der Waals surface area contributed by atoms with Gasteiger partial charge in [0.05, 0.1) is 11.3 Å². The summed E-state index contributed by atoms with van der Waals surface area (Å²) in [5, 5.41) is 4.41. The van der Waals surface area contributed by atoms with Gasteiger partial charge in [0.2, 0.25) is 5.95 Å². The number of fused-ring (bicyclic) bond motifs is 1. The molecule has 0 spiro atoms. The molecule has 0 atom stereocenters. The molecule has 0 fully saturated rings. The minimum absolute atomic E-state index is 0.0740. The van der Waals surface area contributed by atoms with Crippen molar-refractivity contribution in [2.24, 2.45) is 0 Å². The quantitative estimate of drug-likeness (QED) is 0.545. The molecule has 0 bridgehead atoms. The number of pyridine rings is 1. The zero-order valence-electron chi connectivity index (χ0n) is 18.7. The Morgan fingerprint density at radius 2 is 2.00 bits per heavy atom. The van der Waals surface area contributed by atoms with Gasteiger partial charge in [0.1, 0.15) is 5.69 Å². The van der Waals surface area contributed by atoms with Gasteiger partial charge in [-0.05, 0) is 38.2 Å². The van der Waals surface area contributed by atoms with Gasteiger partial charge in [-0.2, -0.15) is 13.2 Å². The van der Waals surface area contributed by atoms with Crippen molar-refractivity contribution in [3.05, 3.63) is 62.9 Å². The van der Waals surface area contributed by atoms with E-state index in [0.717, 1.165) is 28.6 Å². The van der Waals surface area contributed by atoms with Gasteiger partial charge in [-0.15, -0.1) is 11.3 Å². The maximum Gasteiger partial charge on any atom is 0.433 e. The third-order valence-corrected chi connectivity index (χ3v) is 6.32. The van der Waals surface area contributed by atoms with E-state index in [9.17, 15) is 18.0 Å². The first-order valence-electron chi connectivity index (χ1n) is 10.5. The highest BCUT2D eigenvalue weighted by Crippen LogP contribution is 2.32. The van der Waals surface area contributed by atoms with Gasteiger partial charge in [-0.3, -0.25) is 9.69 Å². The Kier molecular flexibility index (Phi) is 6.82. The number of hydrogen-bond donors (Lipinski definition) is 2. The van der Waals surface area contributed by atoms with Crippen LogP contribution in [0.1, 0.15) is 37.7 Å². The first kappa shape index (κ1) is 24.0. The number of nitrogen functional groups attached to an aromatic ring is 1. The zero-order chi connectivity index (χ0) is 24.5. The molecule has 4 heterocycles. The van der Waals surface area contributed by atoms with Crippen LogP contribution in [0.2, 0.25) is 0 Å². The summed E-state index contributed by atoms with van der Waals surface area (Å²) in [5.74, 6) is -0.197. The number of alkyl halides is 3. The molecule has 1 aliphatic heterocycles. The molecule has 0 aromatic carbocycles. The van der Waals surface area contributed by atoms with Gasteiger partial charge < -0.3 is 16.0 Å². The number of rotatable bonds is 6. The van der Waals surface area contributed by atoms with Crippen molar-refractivity contribution in [1.29, 1.82) is 0 Å². The lowest BCUT2D eigenvalue weighted by Crippen LogP contribution is -2.30. The highest BCUT2D eigenvalue weighted by molar-refractivity contribution is 7.10. The first-order chi connectivity index (χ1) is 16.1. The molecule has 34 heavy (non-hydrogen) atoms. The number of nitrogens with two attached hydrogens (primary N) is 1. The van der Waals surface area contributed by atoms with Crippen LogP contribution in [0.4, 0.5) is 24.8 Å². The lowest BCUT2D eigenvalue weighted by Gasteiger charge is -2.27. The molecule has 0 saturated carbocycles. The van der Waals surface area contributed by atoms with E-state index < -0.39 is 17.8 Å². The van der Waals surface area contributed by atoms with E-state index in [-0.39, 0.29) is 23.9 Å². The lowest BCUT2D eigenvalue weighted by atomic mass is 10.0. The van der Waals surface area contributed by atoms with Crippen LogP contribution in [0.15, 0.2) is 29.9 Å². The van der Waals surface area contributed by atoms with E-state index in [0.29, 0.717) is 25.1 Å². The number of nitrogens with one attached hydrogen (secondary N) is 1. The van der Waals surface area contributed by atoms with Crippen LogP contribution >= 0.6 is 11.3 Å². The Hall–Kier alpha value is -3.09. The molecule has 0 saturated heterocycles. The van der Waals surface area contributed by atoms with Crippen LogP contribution in [-0.4, -0.2) is 51.3 Å². The van der Waals surface area contributed by atoms with Crippen molar-refractivity contribution < 1.29 is 18.0 Å². The number of thiophene rings is 1. The second-order valence-corrected chi connectivity index (χ2v) is 9.35. The van der Waals surface area contributed by atoms with E-state index in [4.69, 9.17) is 5.73 Å². The molecule has 0 aliphatic carbocycles. The Bertz CT molecular complexity index is 1180. The third kappa shape index (κ3) is 5.69. The van der Waals surface area contributed by atoms with E-state index in [2.05, 4.69) is 25.2 Å². The van der Waals surface area contributed by atoms with Gasteiger partial charge in [0.25, 0.3) is 5.91 Å². The molecule has 8 nitrogen and oxygen atoms in total. The van der Waals surface area contributed by atoms with Gasteiger partial charge in [0.15, 0.2) is 0 Å². The monoisotopic (exact) mass is 491 g/mol. The fraction of sp³-hybridized carbons (Fsp3) is 0.364. The highest BCUT2D eigenvalue weighted by atomic mass is 32.1. The number of carbonyl (C=O) groups excluding carboxylic acids is 1. The van der Waals surface area contributed by atoms with E-state index in [1.807, 2.05) is 0 Å². The number of halogens is 3. The SMILES string of the molecule is CN(C)Cc1cc(NC(=O)c2csc3c2CCN(Cc2cnc(N)nc2)C3)cc(C(F)(F)F)n1. The highest BCUT2D eigenvalue weighted by Gasteiger charge is 2.33. The van der Waals surface area contributed by atoms with Crippen molar-refractivity contribution in [2.45, 2.75) is 32.2 Å². The molecule has 3 aromatic rings. The minimum atomic E-state index is -4.61. The standard InChI is InChI=1S/C22H24F3N7OS/c1-31(2)10-15-5-14(6-19(29-15)22(23,24)25)30-20(33)17-12-34-18-11-32(4-3-16(17)18)9-13-7-27-21(26)28-8-13/h5-8,12H,3-4,9-11H2,1-2H3,(H2,26,27,28)(H,29,30,33). The summed E-state index contributed by atoms with van der Waals surface area (Å²) in [7, 11) is 3.47. The maximum absolute atomic E-state index is 13.3. The molecule has 0 radical (unpaired) electrons. The number of aromatic nitrogens is 3. The maximum atomic E-state index is 13.3. The smallest absolute Gasteiger partial charge is 0.368 e. The number of nitrogens with zero attached hydrogens (tertiary/aromatic N) is 5. The molecular formula is C22H24F3N7OS. The second kappa shape index (κ2) is 9.65. The van der Waals surface area contributed by atoms with Crippen LogP contribution in [0.5, 0.6) is 0 Å². The molecule has 4 rings (SSSR count). The van der Waals surface area contributed by atoms with Crippen LogP contribution in [0.25, 0.3) is 0 Å². The Morgan fingerprint density at radius 3 is 2.68 bits per heavy atom. The Morgan fingerprint density at radius 1 is 1.26 bits per heavy atom. The average Bonchev–Trinajstić information content (AvgIpc) is 3.17. The summed E-state index contributed by atoms with van der Waals surface area (Å²) in [6.45, 7) is 2.27. The largest absolute Gasteiger partial charge is 0.433 e. The topological polar surface area (TPSA) is 100 Å². The lowest BCUT2D eigenvalue weighted by molar-refractivity contribution is -0.141. The van der Waals surface area contributed by atoms with Gasteiger partial charge in [-0.1, -0.05) is 0 Å². The van der Waals surface area contributed by atoms with Crippen molar-refractivity contribution in [3.8, 4) is 0 Å². The first-order valence-corrected chi connectivity index (χ1v) is 11.4. The average molecular weight is 492 g/mol. The predicted octanol–water partition coefficient (Wildman–Crippen LogP) is 3.41. The fourth-order valence-corrected chi connectivity index (χ4v) is 4.94. The second-order valence-electron chi connectivity index (χ2n) is 8.38. The van der Waals surface area contributed by atoms with E-state index >= 15 is 0 Å². The van der Waals surface area contributed by atoms with Crippen molar-refractivity contribution >= 4 is 28.9 Å². The van der Waals surface area contributed by atoms with Crippen molar-refractivity contribution in [1.82, 2.24) is 24.8 Å². The minimum Gasteiger partial charge on any atom is -0.368 e. The van der Waals surface area contributed by atoms with Gasteiger partial charge in [0, 0.05) is 60.1 Å². The van der Waals surface area contributed by atoms with E-state index in [1.54, 1.807) is 36.8 Å². The van der Waals surface area contributed by atoms with Crippen LogP contribution in [0, 0.1) is 0 Å². The van der Waals surface area contributed by atoms with Crippen molar-refractivity contribution in [3.63, 3.8) is 0 Å². The molecule has 12 heteroatoms. The number of amides is 1. The van der Waals surface area contributed by atoms with Crippen molar-refractivity contribution in [2.75, 3.05) is 31.7 Å². The van der Waals surface area contributed by atoms with Crippen LogP contribution in [-0.2, 0) is 32.2 Å². The molecular weight excluding hydrogens is 467 g/mol. The number of hydrogen-bond acceptors (Lipinski definition) is 8. The normalized spacial score (nSPS) is 14.3. The predicted molar refractivity (Wildman–Crippen MR) is 123 cm³/mol.